The predicted molar refractivity (Wildman–Crippen MR) is 98.0 cm³/mol. The molecule has 7 nitrogen and oxygen atoms in total. The topological polar surface area (TPSA) is 78.5 Å². The van der Waals surface area contributed by atoms with Crippen LogP contribution in [0.15, 0.2) is 24.3 Å². The Morgan fingerprint density at radius 2 is 2.15 bits per heavy atom. The SMILES string of the molecule is CCCCC[C@@H]1N(NC(=O)c2ccccc2C=O)[C@@]12N1C(=O)OCCC12C. The van der Waals surface area contributed by atoms with E-state index in [4.69, 9.17) is 4.74 Å². The molecule has 1 aromatic carbocycles. The van der Waals surface area contributed by atoms with Gasteiger partial charge in [0.05, 0.1) is 23.8 Å². The van der Waals surface area contributed by atoms with E-state index in [0.29, 0.717) is 24.0 Å². The molecule has 0 aromatic heterocycles. The highest BCUT2D eigenvalue weighted by Gasteiger charge is 2.92. The number of ether oxygens (including phenoxy) is 1. The first-order chi connectivity index (χ1) is 13.0. The quantitative estimate of drug-likeness (QED) is 0.453. The number of hydrazine groups is 1. The van der Waals surface area contributed by atoms with Gasteiger partial charge in [0.25, 0.3) is 5.91 Å². The predicted octanol–water partition coefficient (Wildman–Crippen LogP) is 2.72. The number of hydrogen-bond donors (Lipinski definition) is 1. The molecule has 3 aliphatic heterocycles. The lowest BCUT2D eigenvalue weighted by atomic mass is 9.99. The maximum Gasteiger partial charge on any atom is 0.412 e. The summed E-state index contributed by atoms with van der Waals surface area (Å²) >= 11 is 0. The Bertz CT molecular complexity index is 797. The van der Waals surface area contributed by atoms with Crippen LogP contribution in [0.3, 0.4) is 0 Å². The van der Waals surface area contributed by atoms with Gasteiger partial charge in [-0.25, -0.2) is 4.79 Å². The molecule has 3 aliphatic rings. The summed E-state index contributed by atoms with van der Waals surface area (Å²) in [4.78, 5) is 38.1. The van der Waals surface area contributed by atoms with Crippen LogP contribution in [0.1, 0.15) is 66.7 Å². The number of benzene rings is 1. The summed E-state index contributed by atoms with van der Waals surface area (Å²) in [5.41, 5.74) is 2.86. The largest absolute Gasteiger partial charge is 0.449 e. The number of nitrogens with one attached hydrogen (secondary N) is 1. The molecule has 3 saturated heterocycles. The fourth-order valence-electron chi connectivity index (χ4n) is 4.83. The summed E-state index contributed by atoms with van der Waals surface area (Å²) in [6.07, 6.45) is 5.30. The fourth-order valence-corrected chi connectivity index (χ4v) is 4.83. The Morgan fingerprint density at radius 1 is 1.37 bits per heavy atom. The first-order valence-electron chi connectivity index (χ1n) is 9.64. The Labute approximate surface area is 158 Å². The number of nitrogens with zero attached hydrogens (tertiary/aromatic N) is 2. The molecule has 3 heterocycles. The van der Waals surface area contributed by atoms with Crippen LogP contribution in [0.25, 0.3) is 0 Å². The van der Waals surface area contributed by atoms with Gasteiger partial charge in [-0.3, -0.25) is 19.9 Å². The molecule has 7 heteroatoms. The van der Waals surface area contributed by atoms with Crippen LogP contribution >= 0.6 is 0 Å². The smallest absolute Gasteiger partial charge is 0.412 e. The van der Waals surface area contributed by atoms with E-state index in [-0.39, 0.29) is 23.6 Å². The van der Waals surface area contributed by atoms with Gasteiger partial charge < -0.3 is 4.74 Å². The van der Waals surface area contributed by atoms with Crippen LogP contribution in [0, 0.1) is 0 Å². The highest BCUT2D eigenvalue weighted by atomic mass is 16.6. The second-order valence-electron chi connectivity index (χ2n) is 7.73. The Morgan fingerprint density at radius 3 is 2.85 bits per heavy atom. The number of rotatable bonds is 7. The van der Waals surface area contributed by atoms with E-state index in [1.165, 1.54) is 0 Å². The summed E-state index contributed by atoms with van der Waals surface area (Å²) in [6.45, 7) is 4.62. The van der Waals surface area contributed by atoms with E-state index < -0.39 is 5.66 Å². The van der Waals surface area contributed by atoms with Crippen molar-refractivity contribution in [3.8, 4) is 0 Å². The number of amides is 2. The van der Waals surface area contributed by atoms with E-state index in [9.17, 15) is 14.4 Å². The van der Waals surface area contributed by atoms with Gasteiger partial charge in [-0.2, -0.15) is 5.01 Å². The number of carbonyl (C=O) groups is 3. The zero-order chi connectivity index (χ0) is 19.2. The lowest BCUT2D eigenvalue weighted by Gasteiger charge is -2.16. The van der Waals surface area contributed by atoms with Crippen LogP contribution in [0.5, 0.6) is 0 Å². The van der Waals surface area contributed by atoms with Gasteiger partial charge in [0, 0.05) is 12.0 Å². The first-order valence-corrected chi connectivity index (χ1v) is 9.64. The van der Waals surface area contributed by atoms with E-state index in [2.05, 4.69) is 19.3 Å². The molecule has 0 saturated carbocycles. The highest BCUT2D eigenvalue weighted by Crippen LogP contribution is 2.70. The Hall–Kier alpha value is -2.41. The minimum Gasteiger partial charge on any atom is -0.449 e. The first kappa shape index (κ1) is 18.0. The average molecular weight is 371 g/mol. The van der Waals surface area contributed by atoms with Gasteiger partial charge >= 0.3 is 6.09 Å². The molecule has 144 valence electrons. The molecule has 1 N–H and O–H groups in total. The zero-order valence-electron chi connectivity index (χ0n) is 15.7. The number of carbonyl (C=O) groups excluding carboxylic acids is 3. The number of fused-ring (bicyclic) bond motifs is 3. The van der Waals surface area contributed by atoms with Gasteiger partial charge in [0.1, 0.15) is 0 Å². The van der Waals surface area contributed by atoms with Crippen LogP contribution in [-0.2, 0) is 4.74 Å². The van der Waals surface area contributed by atoms with Gasteiger partial charge in [-0.05, 0) is 19.4 Å². The van der Waals surface area contributed by atoms with Crippen LogP contribution in [-0.4, -0.2) is 52.0 Å². The number of cyclic esters (lactones) is 1. The second-order valence-corrected chi connectivity index (χ2v) is 7.73. The standard InChI is InChI=1S/C20H25N3O4/c1-3-4-5-10-16-20(19(2)11-12-27-18(26)22(19)20)23(16)21-17(25)15-9-7-6-8-14(15)13-24/h6-9,13,16H,3-5,10-12H2,1-2H3,(H,21,25)/t16-,19?,20-,22?,23?/m0/s1. The van der Waals surface area contributed by atoms with Gasteiger partial charge in [-0.15, -0.1) is 0 Å². The van der Waals surface area contributed by atoms with E-state index in [0.717, 1.165) is 32.1 Å². The summed E-state index contributed by atoms with van der Waals surface area (Å²) in [6, 6.07) is 6.80. The summed E-state index contributed by atoms with van der Waals surface area (Å²) in [5.74, 6) is -0.322. The van der Waals surface area contributed by atoms with Gasteiger partial charge in [0.15, 0.2) is 11.9 Å². The lowest BCUT2D eigenvalue weighted by molar-refractivity contribution is 0.0857. The maximum absolute atomic E-state index is 12.8. The minimum atomic E-state index is -0.486. The Kier molecular flexibility index (Phi) is 4.22. The van der Waals surface area contributed by atoms with Gasteiger partial charge in [-0.1, -0.05) is 44.4 Å². The minimum absolute atomic E-state index is 0.0760. The Balaban J connectivity index is 1.56. The second kappa shape index (κ2) is 6.34. The third-order valence-electron chi connectivity index (χ3n) is 6.29. The zero-order valence-corrected chi connectivity index (χ0v) is 15.7. The van der Waals surface area contributed by atoms with Crippen molar-refractivity contribution in [2.75, 3.05) is 6.61 Å². The van der Waals surface area contributed by atoms with Crippen molar-refractivity contribution in [1.82, 2.24) is 15.3 Å². The van der Waals surface area contributed by atoms with Crippen molar-refractivity contribution in [2.24, 2.45) is 0 Å². The van der Waals surface area contributed by atoms with Crippen molar-refractivity contribution in [1.29, 1.82) is 0 Å². The average Bonchev–Trinajstić information content (AvgIpc) is 3.48. The molecule has 1 spiro atoms. The number of unbranched alkanes of at least 4 members (excludes halogenated alkanes) is 2. The maximum atomic E-state index is 12.8. The molecular formula is C20H25N3O4. The summed E-state index contributed by atoms with van der Waals surface area (Å²) in [5, 5.41) is 1.90. The van der Waals surface area contributed by atoms with Crippen molar-refractivity contribution in [3.63, 3.8) is 0 Å². The van der Waals surface area contributed by atoms with Gasteiger partial charge in [0.2, 0.25) is 0 Å². The highest BCUT2D eigenvalue weighted by molar-refractivity contribution is 6.01. The van der Waals surface area contributed by atoms with Crippen LogP contribution < -0.4 is 5.43 Å². The molecule has 2 unspecified atom stereocenters. The molecule has 0 bridgehead atoms. The molecule has 4 rings (SSSR count). The number of hydrogen-bond acceptors (Lipinski definition) is 5. The molecule has 0 aliphatic carbocycles. The molecule has 1 aromatic rings. The van der Waals surface area contributed by atoms with E-state index >= 15 is 0 Å². The van der Waals surface area contributed by atoms with E-state index in [1.54, 1.807) is 29.2 Å². The fraction of sp³-hybridized carbons (Fsp3) is 0.550. The summed E-state index contributed by atoms with van der Waals surface area (Å²) in [7, 11) is 0. The third-order valence-corrected chi connectivity index (χ3v) is 6.29. The van der Waals surface area contributed by atoms with E-state index in [1.807, 2.05) is 5.01 Å². The third kappa shape index (κ3) is 2.41. The van der Waals surface area contributed by atoms with Crippen molar-refractivity contribution in [2.45, 2.75) is 63.2 Å². The molecule has 2 amide bonds. The van der Waals surface area contributed by atoms with Crippen molar-refractivity contribution in [3.05, 3.63) is 35.4 Å². The molecular weight excluding hydrogens is 346 g/mol. The van der Waals surface area contributed by atoms with Crippen LogP contribution in [0.4, 0.5) is 4.79 Å². The number of aldehydes is 1. The lowest BCUT2D eigenvalue weighted by Crippen LogP contribution is -2.34. The molecule has 3 fully saturated rings. The summed E-state index contributed by atoms with van der Waals surface area (Å²) < 4.78 is 5.22. The monoisotopic (exact) mass is 371 g/mol. The molecule has 27 heavy (non-hydrogen) atoms. The van der Waals surface area contributed by atoms with Crippen molar-refractivity contribution >= 4 is 18.3 Å². The molecule has 0 radical (unpaired) electrons. The normalized spacial score (nSPS) is 33.3. The van der Waals surface area contributed by atoms with Crippen LogP contribution in [0.2, 0.25) is 0 Å². The molecule has 4 atom stereocenters. The van der Waals surface area contributed by atoms with Crippen molar-refractivity contribution < 1.29 is 19.1 Å².